The van der Waals surface area contributed by atoms with Crippen LogP contribution in [-0.2, 0) is 0 Å². The monoisotopic (exact) mass is 543 g/mol. The van der Waals surface area contributed by atoms with Gasteiger partial charge in [-0.15, -0.1) is 0 Å². The first kappa shape index (κ1) is 29.6. The summed E-state index contributed by atoms with van der Waals surface area (Å²) in [5, 5.41) is 8.76. The summed E-state index contributed by atoms with van der Waals surface area (Å²) in [7, 11) is 0. The van der Waals surface area contributed by atoms with Gasteiger partial charge in [0.25, 0.3) is 0 Å². The topological polar surface area (TPSA) is 33.0 Å². The quantitative estimate of drug-likeness (QED) is 0.200. The zero-order chi connectivity index (χ0) is 28.7. The Morgan fingerprint density at radius 3 is 1.79 bits per heavy atom. The molecule has 204 valence electrons. The van der Waals surface area contributed by atoms with Crippen LogP contribution in [-0.4, -0.2) is 6.61 Å². The Bertz CT molecular complexity index is 1380. The van der Waals surface area contributed by atoms with E-state index in [0.29, 0.717) is 30.6 Å². The van der Waals surface area contributed by atoms with Crippen LogP contribution in [0.2, 0.25) is 0 Å². The van der Waals surface area contributed by atoms with E-state index in [2.05, 4.69) is 32.6 Å². The summed E-state index contributed by atoms with van der Waals surface area (Å²) < 4.78 is 91.8. The van der Waals surface area contributed by atoms with Crippen LogP contribution in [0.1, 0.15) is 63.1 Å². The minimum absolute atomic E-state index is 0.00764. The first-order valence-electron chi connectivity index (χ1n) is 12.5. The number of hydrogen-bond donors (Lipinski definition) is 0. The highest BCUT2D eigenvalue weighted by molar-refractivity contribution is 5.67. The molecule has 0 aliphatic carbocycles. The van der Waals surface area contributed by atoms with Crippen LogP contribution in [0.25, 0.3) is 11.1 Å². The molecule has 2 nitrogen and oxygen atoms in total. The summed E-state index contributed by atoms with van der Waals surface area (Å²) in [5.41, 5.74) is -2.94. The Morgan fingerprint density at radius 1 is 0.692 bits per heavy atom. The number of ether oxygens (including phenoxy) is 1. The van der Waals surface area contributed by atoms with Crippen molar-refractivity contribution in [3.05, 3.63) is 88.0 Å². The minimum atomic E-state index is -1.27. The van der Waals surface area contributed by atoms with E-state index < -0.39 is 57.2 Å². The predicted octanol–water partition coefficient (Wildman–Crippen LogP) is 8.69. The lowest BCUT2D eigenvalue weighted by molar-refractivity contribution is 0.273. The summed E-state index contributed by atoms with van der Waals surface area (Å²) in [6.07, 6.45) is 4.03. The molecule has 0 spiro atoms. The molecule has 1 atom stereocenters. The molecule has 0 aliphatic heterocycles. The van der Waals surface area contributed by atoms with Crippen molar-refractivity contribution < 1.29 is 31.1 Å². The Balaban J connectivity index is 1.73. The molecule has 3 aromatic carbocycles. The lowest BCUT2D eigenvalue weighted by Crippen LogP contribution is -2.05. The molecular formula is C31H27F6NO. The lowest BCUT2D eigenvalue weighted by Gasteiger charge is -2.13. The largest absolute Gasteiger partial charge is 0.493 e. The molecule has 8 heteroatoms. The van der Waals surface area contributed by atoms with Crippen molar-refractivity contribution in [2.75, 3.05) is 6.61 Å². The highest BCUT2D eigenvalue weighted by Gasteiger charge is 2.18. The molecule has 0 bridgehead atoms. The van der Waals surface area contributed by atoms with Crippen LogP contribution in [0.4, 0.5) is 26.3 Å². The Kier molecular flexibility index (Phi) is 10.1. The summed E-state index contributed by atoms with van der Waals surface area (Å²) >= 11 is 0. The molecule has 0 fully saturated rings. The molecular weight excluding hydrogens is 516 g/mol. The second kappa shape index (κ2) is 13.2. The van der Waals surface area contributed by atoms with Crippen molar-refractivity contribution in [1.82, 2.24) is 0 Å². The van der Waals surface area contributed by atoms with E-state index >= 15 is 0 Å². The van der Waals surface area contributed by atoms with Gasteiger partial charge >= 0.3 is 0 Å². The first-order chi connectivity index (χ1) is 18.5. The minimum Gasteiger partial charge on any atom is -0.493 e. The molecule has 0 amide bonds. The Morgan fingerprint density at radius 2 is 1.26 bits per heavy atom. The third kappa shape index (κ3) is 7.80. The van der Waals surface area contributed by atoms with Gasteiger partial charge in [-0.2, -0.15) is 5.26 Å². The molecule has 1 unspecified atom stereocenters. The molecule has 0 radical (unpaired) electrons. The fourth-order valence-electron chi connectivity index (χ4n) is 4.03. The van der Waals surface area contributed by atoms with Gasteiger partial charge in [0.2, 0.25) is 0 Å². The summed E-state index contributed by atoms with van der Waals surface area (Å²) in [6, 6.07) is 6.13. The molecule has 39 heavy (non-hydrogen) atoms. The maximum Gasteiger partial charge on any atom is 0.145 e. The zero-order valence-electron chi connectivity index (χ0n) is 21.8. The van der Waals surface area contributed by atoms with Gasteiger partial charge in [-0.05, 0) is 48.1 Å². The van der Waals surface area contributed by atoms with Crippen molar-refractivity contribution in [3.8, 4) is 34.8 Å². The van der Waals surface area contributed by atoms with Crippen molar-refractivity contribution in [2.45, 2.75) is 46.5 Å². The maximum absolute atomic E-state index is 14.7. The SMILES string of the molecule is CC(C)CCCC(C)CCOc1cc(F)c(C#Cc2cc(F)c(-c3cc(F)c(C#N)c(F)c3)c(F)c2)c(F)c1. The molecule has 0 heterocycles. The molecule has 3 aromatic rings. The molecule has 0 saturated carbocycles. The molecule has 0 aromatic heterocycles. The van der Waals surface area contributed by atoms with Crippen molar-refractivity contribution >= 4 is 0 Å². The van der Waals surface area contributed by atoms with Gasteiger partial charge in [0.15, 0.2) is 0 Å². The van der Waals surface area contributed by atoms with E-state index in [0.717, 1.165) is 49.9 Å². The number of nitriles is 1. The third-order valence-electron chi connectivity index (χ3n) is 6.19. The first-order valence-corrected chi connectivity index (χ1v) is 12.5. The van der Waals surface area contributed by atoms with Crippen LogP contribution in [0, 0.1) is 69.9 Å². The van der Waals surface area contributed by atoms with Gasteiger partial charge in [-0.25, -0.2) is 26.3 Å². The van der Waals surface area contributed by atoms with Gasteiger partial charge in [-0.3, -0.25) is 0 Å². The van der Waals surface area contributed by atoms with Gasteiger partial charge < -0.3 is 4.74 Å². The summed E-state index contributed by atoms with van der Waals surface area (Å²) in [5.74, 6) is -1.35. The van der Waals surface area contributed by atoms with E-state index in [1.54, 1.807) is 0 Å². The average molecular weight is 544 g/mol. The summed E-state index contributed by atoms with van der Waals surface area (Å²) in [6.45, 7) is 6.74. The van der Waals surface area contributed by atoms with Gasteiger partial charge in [0.05, 0.1) is 17.7 Å². The van der Waals surface area contributed by atoms with Gasteiger partial charge in [0, 0.05) is 17.7 Å². The smallest absolute Gasteiger partial charge is 0.145 e. The number of benzene rings is 3. The molecule has 3 rings (SSSR count). The normalized spacial score (nSPS) is 11.6. The number of halogens is 6. The van der Waals surface area contributed by atoms with E-state index in [9.17, 15) is 26.3 Å². The van der Waals surface area contributed by atoms with E-state index in [1.165, 1.54) is 6.07 Å². The van der Waals surface area contributed by atoms with Crippen LogP contribution >= 0.6 is 0 Å². The number of rotatable bonds is 9. The number of hydrogen-bond acceptors (Lipinski definition) is 2. The van der Waals surface area contributed by atoms with Crippen molar-refractivity contribution in [1.29, 1.82) is 5.26 Å². The predicted molar refractivity (Wildman–Crippen MR) is 137 cm³/mol. The second-order valence-corrected chi connectivity index (χ2v) is 9.82. The summed E-state index contributed by atoms with van der Waals surface area (Å²) in [4.78, 5) is 0. The van der Waals surface area contributed by atoms with Crippen LogP contribution in [0.5, 0.6) is 5.75 Å². The highest BCUT2D eigenvalue weighted by Crippen LogP contribution is 2.30. The van der Waals surface area contributed by atoms with E-state index in [4.69, 9.17) is 10.00 Å². The van der Waals surface area contributed by atoms with Crippen LogP contribution < -0.4 is 4.74 Å². The molecule has 0 saturated heterocycles. The second-order valence-electron chi connectivity index (χ2n) is 9.82. The van der Waals surface area contributed by atoms with Crippen LogP contribution in [0.3, 0.4) is 0 Å². The van der Waals surface area contributed by atoms with Gasteiger partial charge in [0.1, 0.15) is 52.3 Å². The van der Waals surface area contributed by atoms with E-state index in [-0.39, 0.29) is 11.3 Å². The maximum atomic E-state index is 14.7. The Hall–Kier alpha value is -3.91. The highest BCUT2D eigenvalue weighted by atomic mass is 19.2. The standard InChI is InChI=1S/C31H27F6NO/c1-18(2)5-4-6-19(3)9-10-39-22-15-27(34)23(28(35)16-22)8-7-20-11-29(36)31(30(37)12-20)21-13-25(32)24(17-38)26(33)14-21/h11-16,18-19H,4-6,9-10H2,1-3H3. The zero-order valence-corrected chi connectivity index (χ0v) is 21.8. The molecule has 0 N–H and O–H groups in total. The van der Waals surface area contributed by atoms with Crippen molar-refractivity contribution in [3.63, 3.8) is 0 Å². The fraction of sp³-hybridized carbons (Fsp3) is 0.323. The van der Waals surface area contributed by atoms with E-state index in [1.807, 2.05) is 0 Å². The average Bonchev–Trinajstić information content (AvgIpc) is 2.83. The van der Waals surface area contributed by atoms with Crippen molar-refractivity contribution in [2.24, 2.45) is 11.8 Å². The Labute approximate surface area is 224 Å². The van der Waals surface area contributed by atoms with Crippen LogP contribution in [0.15, 0.2) is 36.4 Å². The fourth-order valence-corrected chi connectivity index (χ4v) is 4.03. The lowest BCUT2D eigenvalue weighted by atomic mass is 9.98. The third-order valence-corrected chi connectivity index (χ3v) is 6.19. The molecule has 0 aliphatic rings. The van der Waals surface area contributed by atoms with Gasteiger partial charge in [-0.1, -0.05) is 51.9 Å². The number of nitrogens with zero attached hydrogens (tertiary/aromatic N) is 1.